The van der Waals surface area contributed by atoms with Gasteiger partial charge in [0.1, 0.15) is 11.2 Å². The number of furan rings is 1. The molecule has 9 aromatic carbocycles. The number of para-hydroxylation sites is 2. The summed E-state index contributed by atoms with van der Waals surface area (Å²) in [4.78, 5) is 0. The van der Waals surface area contributed by atoms with Crippen LogP contribution in [0.5, 0.6) is 0 Å². The Morgan fingerprint density at radius 3 is 1.79 bits per heavy atom. The first-order valence-electron chi connectivity index (χ1n) is 18.2. The molecule has 10 aromatic rings. The molecule has 0 saturated carbocycles. The monoisotopic (exact) mass is 662 g/mol. The molecule has 11 rings (SSSR count). The first-order chi connectivity index (χ1) is 25.6. The van der Waals surface area contributed by atoms with E-state index in [1.54, 1.807) is 0 Å². The van der Waals surface area contributed by atoms with Crippen LogP contribution in [0, 0.1) is 0 Å². The Morgan fingerprint density at radius 2 is 0.923 bits per heavy atom. The fourth-order valence-corrected chi connectivity index (χ4v) is 9.31. The lowest BCUT2D eigenvalue weighted by atomic mass is 9.80. The zero-order valence-corrected chi connectivity index (χ0v) is 29.1. The van der Waals surface area contributed by atoms with Crippen molar-refractivity contribution in [3.8, 4) is 44.5 Å². The van der Waals surface area contributed by atoms with Crippen molar-refractivity contribution in [1.82, 2.24) is 0 Å². The van der Waals surface area contributed by atoms with Gasteiger partial charge >= 0.3 is 0 Å². The zero-order chi connectivity index (χ0) is 34.6. The van der Waals surface area contributed by atoms with Gasteiger partial charge in [-0.05, 0) is 89.0 Å². The summed E-state index contributed by atoms with van der Waals surface area (Å²) in [7, 11) is 0. The summed E-state index contributed by atoms with van der Waals surface area (Å²) in [5, 5.41) is 9.70. The van der Waals surface area contributed by atoms with E-state index in [4.69, 9.17) is 4.42 Å². The summed E-state index contributed by atoms with van der Waals surface area (Å²) in [5.74, 6) is 0. The zero-order valence-electron chi connectivity index (χ0n) is 29.1. The van der Waals surface area contributed by atoms with E-state index in [0.29, 0.717) is 0 Å². The molecule has 1 heterocycles. The minimum Gasteiger partial charge on any atom is -0.455 e. The summed E-state index contributed by atoms with van der Waals surface area (Å²) in [6.07, 6.45) is 0. The van der Waals surface area contributed by atoms with Crippen LogP contribution in [-0.2, 0) is 5.41 Å². The van der Waals surface area contributed by atoms with Crippen molar-refractivity contribution in [3.05, 3.63) is 181 Å². The predicted molar refractivity (Wildman–Crippen MR) is 220 cm³/mol. The van der Waals surface area contributed by atoms with Crippen molar-refractivity contribution in [1.29, 1.82) is 0 Å². The van der Waals surface area contributed by atoms with E-state index < -0.39 is 0 Å². The van der Waals surface area contributed by atoms with Crippen molar-refractivity contribution in [2.45, 2.75) is 19.3 Å². The molecule has 1 nitrogen and oxygen atoms in total. The average molecular weight is 663 g/mol. The predicted octanol–water partition coefficient (Wildman–Crippen LogP) is 14.4. The fraction of sp³-hybridized carbons (Fsp3) is 0.0588. The van der Waals surface area contributed by atoms with Crippen LogP contribution in [0.4, 0.5) is 0 Å². The highest BCUT2D eigenvalue weighted by atomic mass is 16.3. The molecule has 0 aliphatic heterocycles. The highest BCUT2D eigenvalue weighted by Crippen LogP contribution is 2.55. The van der Waals surface area contributed by atoms with Crippen molar-refractivity contribution in [3.63, 3.8) is 0 Å². The second-order valence-corrected chi connectivity index (χ2v) is 14.8. The van der Waals surface area contributed by atoms with E-state index in [1.807, 2.05) is 0 Å². The van der Waals surface area contributed by atoms with Gasteiger partial charge in [0.2, 0.25) is 0 Å². The molecule has 0 radical (unpaired) electrons. The molecule has 0 N–H and O–H groups in total. The molecule has 1 aliphatic carbocycles. The molecule has 0 fully saturated rings. The van der Waals surface area contributed by atoms with Crippen LogP contribution in [0.25, 0.3) is 98.8 Å². The lowest BCUT2D eigenvalue weighted by Crippen LogP contribution is -2.14. The van der Waals surface area contributed by atoms with Gasteiger partial charge in [-0.15, -0.1) is 0 Å². The standard InChI is InChI=1S/C51H34O/c1-51(2)44-25-9-7-20-40(44)49-41(23-13-26-45(49)51)48-37-19-6-5-18-36(37)47(42-24-12-22-39-35-17-8-10-27-46(35)52-50(39)42)38-29-28-32(30-43(38)48)34-21-11-15-31-14-3-4-16-33(31)34/h3-30H,1-2H3. The van der Waals surface area contributed by atoms with Gasteiger partial charge in [0.25, 0.3) is 0 Å². The largest absolute Gasteiger partial charge is 0.455 e. The molecule has 1 heteroatoms. The minimum atomic E-state index is -0.0987. The van der Waals surface area contributed by atoms with E-state index in [0.717, 1.165) is 27.5 Å². The molecular weight excluding hydrogens is 629 g/mol. The quantitative estimate of drug-likeness (QED) is 0.172. The van der Waals surface area contributed by atoms with Crippen LogP contribution in [-0.4, -0.2) is 0 Å². The van der Waals surface area contributed by atoms with Crippen LogP contribution >= 0.6 is 0 Å². The van der Waals surface area contributed by atoms with Crippen molar-refractivity contribution in [2.75, 3.05) is 0 Å². The molecule has 0 bridgehead atoms. The molecule has 0 atom stereocenters. The van der Waals surface area contributed by atoms with Crippen LogP contribution < -0.4 is 0 Å². The molecule has 1 aliphatic rings. The molecular formula is C51H34O. The third kappa shape index (κ3) is 3.99. The summed E-state index contributed by atoms with van der Waals surface area (Å²) >= 11 is 0. The second-order valence-electron chi connectivity index (χ2n) is 14.8. The van der Waals surface area contributed by atoms with Gasteiger partial charge in [0.05, 0.1) is 0 Å². The van der Waals surface area contributed by atoms with E-state index in [2.05, 4.69) is 184 Å². The van der Waals surface area contributed by atoms with Gasteiger partial charge in [0, 0.05) is 27.3 Å². The number of benzene rings is 9. The van der Waals surface area contributed by atoms with Gasteiger partial charge in [-0.1, -0.05) is 172 Å². The number of hydrogen-bond donors (Lipinski definition) is 0. The third-order valence-electron chi connectivity index (χ3n) is 11.7. The number of hydrogen-bond acceptors (Lipinski definition) is 1. The smallest absolute Gasteiger partial charge is 0.143 e. The third-order valence-corrected chi connectivity index (χ3v) is 11.7. The molecule has 0 amide bonds. The van der Waals surface area contributed by atoms with Crippen molar-refractivity contribution < 1.29 is 4.42 Å². The minimum absolute atomic E-state index is 0.0987. The average Bonchev–Trinajstić information content (AvgIpc) is 3.69. The van der Waals surface area contributed by atoms with E-state index in [9.17, 15) is 0 Å². The van der Waals surface area contributed by atoms with Crippen molar-refractivity contribution in [2.24, 2.45) is 0 Å². The van der Waals surface area contributed by atoms with Crippen LogP contribution in [0.3, 0.4) is 0 Å². The maximum atomic E-state index is 6.71. The highest BCUT2D eigenvalue weighted by molar-refractivity contribution is 6.26. The molecule has 52 heavy (non-hydrogen) atoms. The lowest BCUT2D eigenvalue weighted by Gasteiger charge is -2.23. The molecule has 244 valence electrons. The van der Waals surface area contributed by atoms with Gasteiger partial charge in [0.15, 0.2) is 0 Å². The van der Waals surface area contributed by atoms with Crippen LogP contribution in [0.2, 0.25) is 0 Å². The van der Waals surface area contributed by atoms with E-state index in [-0.39, 0.29) is 5.41 Å². The van der Waals surface area contributed by atoms with Gasteiger partial charge in [-0.3, -0.25) is 0 Å². The van der Waals surface area contributed by atoms with Crippen LogP contribution in [0.1, 0.15) is 25.0 Å². The Labute approximate surface area is 302 Å². The molecule has 0 spiro atoms. The summed E-state index contributed by atoms with van der Waals surface area (Å²) < 4.78 is 6.71. The van der Waals surface area contributed by atoms with Gasteiger partial charge < -0.3 is 4.42 Å². The molecule has 0 unspecified atom stereocenters. The summed E-state index contributed by atoms with van der Waals surface area (Å²) in [6.45, 7) is 4.74. The first kappa shape index (κ1) is 29.3. The maximum absolute atomic E-state index is 6.71. The lowest BCUT2D eigenvalue weighted by molar-refractivity contribution is 0.660. The highest BCUT2D eigenvalue weighted by Gasteiger charge is 2.37. The number of rotatable bonds is 3. The Kier molecular flexibility index (Phi) is 6.08. The molecule has 1 aromatic heterocycles. The summed E-state index contributed by atoms with van der Waals surface area (Å²) in [5.41, 5.74) is 14.5. The maximum Gasteiger partial charge on any atom is 0.143 e. The Morgan fingerprint density at radius 1 is 0.365 bits per heavy atom. The normalized spacial score (nSPS) is 13.3. The van der Waals surface area contributed by atoms with Crippen LogP contribution in [0.15, 0.2) is 174 Å². The van der Waals surface area contributed by atoms with E-state index >= 15 is 0 Å². The first-order valence-corrected chi connectivity index (χ1v) is 18.2. The Hall–Kier alpha value is -6.44. The Balaban J connectivity index is 1.32. The Bertz CT molecular complexity index is 3090. The number of fused-ring (bicyclic) bond motifs is 9. The second kappa shape index (κ2) is 10.8. The molecule has 0 saturated heterocycles. The van der Waals surface area contributed by atoms with Gasteiger partial charge in [-0.2, -0.15) is 0 Å². The topological polar surface area (TPSA) is 13.1 Å². The van der Waals surface area contributed by atoms with Crippen molar-refractivity contribution >= 4 is 54.3 Å². The van der Waals surface area contributed by atoms with E-state index in [1.165, 1.54) is 82.4 Å². The van der Waals surface area contributed by atoms with Gasteiger partial charge in [-0.25, -0.2) is 0 Å². The summed E-state index contributed by atoms with van der Waals surface area (Å²) in [6, 6.07) is 62.4. The fourth-order valence-electron chi connectivity index (χ4n) is 9.31. The SMILES string of the molecule is CC1(C)c2ccccc2-c2c(-c3c4ccccc4c(-c4cccc5c4oc4ccccc45)c4ccc(-c5cccc6ccccc56)cc34)cccc21.